The molecule has 0 bridgehead atoms. The Labute approximate surface area is 177 Å². The second kappa shape index (κ2) is 14.5. The molecule has 0 heterocycles. The van der Waals surface area contributed by atoms with Gasteiger partial charge in [-0.05, 0) is 0 Å². The van der Waals surface area contributed by atoms with Crippen molar-refractivity contribution in [3.8, 4) is 0 Å². The zero-order valence-corrected chi connectivity index (χ0v) is 15.5. The Morgan fingerprint density at radius 2 is 0.692 bits per heavy atom. The fourth-order valence-corrected chi connectivity index (χ4v) is 0. The van der Waals surface area contributed by atoms with Gasteiger partial charge in [-0.2, -0.15) is 15.6 Å². The third-order valence-corrected chi connectivity index (χ3v) is 0. The molecule has 0 aromatic heterocycles. The minimum Gasteiger partial charge on any atom is -0.822 e. The van der Waals surface area contributed by atoms with Crippen molar-refractivity contribution in [1.82, 2.24) is 0 Å². The van der Waals surface area contributed by atoms with E-state index in [2.05, 4.69) is 0 Å². The average molecular weight is 428 g/mol. The normalized spacial score (nSPS) is 9.08. The maximum absolute atomic E-state index is 8.55. The van der Waals surface area contributed by atoms with Crippen molar-refractivity contribution >= 4 is 53.4 Å². The fraction of sp³-hybridized carbons (Fsp3) is 0. The number of hydrogen-bond acceptors (Lipinski definition) is 8. The molecule has 0 aromatic rings. The summed E-state index contributed by atoms with van der Waals surface area (Å²) in [7, 11) is -10.8. The first-order chi connectivity index (χ1) is 4.00. The minimum absolute atomic E-state index is 0. The molecule has 8 nitrogen and oxygen atoms in total. The van der Waals surface area contributed by atoms with Crippen LogP contribution in [0.5, 0.6) is 0 Å². The number of phosphoric acid groups is 2. The summed E-state index contributed by atoms with van der Waals surface area (Å²) in [5, 5.41) is 0. The van der Waals surface area contributed by atoms with E-state index in [9.17, 15) is 0 Å². The third-order valence-electron chi connectivity index (χ3n) is 0. The van der Waals surface area contributed by atoms with Crippen molar-refractivity contribution in [2.75, 3.05) is 0 Å². The van der Waals surface area contributed by atoms with Crippen molar-refractivity contribution in [2.24, 2.45) is 0 Å². The third kappa shape index (κ3) is 176. The zero-order chi connectivity index (χ0) is 9.00. The molecule has 0 aliphatic carbocycles. The SMILES string of the molecule is O=P([O-])([O-])[O-].O=P([O-])([O-])[O-].[Ca+2].[K+].[Tb+3]. The topological polar surface area (TPSA) is 172 Å². The Morgan fingerprint density at radius 3 is 0.692 bits per heavy atom. The summed E-state index contributed by atoms with van der Waals surface area (Å²) in [4.78, 5) is 51.3. The average Bonchev–Trinajstić information content (AvgIpc) is 1.12. The van der Waals surface area contributed by atoms with E-state index in [0.717, 1.165) is 0 Å². The Kier molecular flexibility index (Phi) is 33.9. The molecule has 0 spiro atoms. The molecule has 13 heavy (non-hydrogen) atoms. The Morgan fingerprint density at radius 1 is 0.692 bits per heavy atom. The van der Waals surface area contributed by atoms with E-state index in [1.54, 1.807) is 0 Å². The van der Waals surface area contributed by atoms with Crippen molar-refractivity contribution in [3.63, 3.8) is 0 Å². The molecule has 0 unspecified atom stereocenters. The predicted molar refractivity (Wildman–Crippen MR) is 21.0 cm³/mol. The molecule has 0 rings (SSSR count). The van der Waals surface area contributed by atoms with E-state index in [4.69, 9.17) is 38.5 Å². The van der Waals surface area contributed by atoms with Gasteiger partial charge in [0.1, 0.15) is 0 Å². The zero-order valence-electron chi connectivity index (χ0n) is 6.20. The molecule has 0 aliphatic rings. The molecule has 0 aromatic carbocycles. The van der Waals surface area contributed by atoms with Gasteiger partial charge in [-0.1, -0.05) is 0 Å². The summed E-state index contributed by atoms with van der Waals surface area (Å²) in [6.45, 7) is 0. The van der Waals surface area contributed by atoms with Crippen molar-refractivity contribution < 1.29 is 128 Å². The van der Waals surface area contributed by atoms with Crippen LogP contribution in [0.4, 0.5) is 0 Å². The Balaban J connectivity index is -0.0000000267. The van der Waals surface area contributed by atoms with Crippen LogP contribution >= 0.6 is 15.6 Å². The van der Waals surface area contributed by atoms with Crippen LogP contribution in [0.3, 0.4) is 0 Å². The van der Waals surface area contributed by atoms with Crippen LogP contribution in [0.2, 0.25) is 0 Å². The maximum atomic E-state index is 8.55. The molecule has 0 amide bonds. The van der Waals surface area contributed by atoms with Crippen LogP contribution in [-0.2, 0) is 9.13 Å². The summed E-state index contributed by atoms with van der Waals surface area (Å²) in [5.74, 6) is 0. The van der Waals surface area contributed by atoms with E-state index in [-0.39, 0.29) is 128 Å². The van der Waals surface area contributed by atoms with Gasteiger partial charge in [-0.25, -0.2) is 0 Å². The summed E-state index contributed by atoms with van der Waals surface area (Å²) < 4.78 is 17.1. The molecule has 0 aliphatic heterocycles. The van der Waals surface area contributed by atoms with Gasteiger partial charge in [0.05, 0.1) is 0 Å². The second-order valence-corrected chi connectivity index (χ2v) is 2.68. The molecule has 0 saturated carbocycles. The van der Waals surface area contributed by atoms with E-state index in [0.29, 0.717) is 0 Å². The molecule has 0 fully saturated rings. The van der Waals surface area contributed by atoms with E-state index >= 15 is 0 Å². The smallest absolute Gasteiger partial charge is 0.822 e. The van der Waals surface area contributed by atoms with E-state index in [1.807, 2.05) is 0 Å². The molecular weight excluding hydrogens is 428 g/mol. The molecule has 0 saturated heterocycles. The van der Waals surface area contributed by atoms with E-state index in [1.165, 1.54) is 0 Å². The summed E-state index contributed by atoms with van der Waals surface area (Å²) in [6, 6.07) is 0. The van der Waals surface area contributed by atoms with Crippen molar-refractivity contribution in [2.45, 2.75) is 0 Å². The van der Waals surface area contributed by atoms with Gasteiger partial charge in [0.2, 0.25) is 0 Å². The first-order valence-electron chi connectivity index (χ1n) is 1.46. The number of rotatable bonds is 0. The summed E-state index contributed by atoms with van der Waals surface area (Å²) in [5.41, 5.74) is 0. The largest absolute Gasteiger partial charge is 3.00 e. The first kappa shape index (κ1) is 30.4. The quantitative estimate of drug-likeness (QED) is 0.270. The van der Waals surface area contributed by atoms with Crippen LogP contribution in [0.1, 0.15) is 0 Å². The minimum atomic E-state index is -5.39. The second-order valence-electron chi connectivity index (χ2n) is 0.894. The van der Waals surface area contributed by atoms with Crippen LogP contribution in [0.15, 0.2) is 0 Å². The van der Waals surface area contributed by atoms with Crippen LogP contribution < -0.4 is 80.7 Å². The Bertz CT molecular complexity index is 134. The van der Waals surface area contributed by atoms with Crippen LogP contribution in [-0.4, -0.2) is 37.7 Å². The van der Waals surface area contributed by atoms with Gasteiger partial charge in [0, 0.05) is 0 Å². The molecule has 0 atom stereocenters. The van der Waals surface area contributed by atoms with Crippen LogP contribution in [0, 0.1) is 38.6 Å². The van der Waals surface area contributed by atoms with Gasteiger partial charge < -0.3 is 38.5 Å². The molecular formula is CaKO8P2Tb. The molecule has 0 radical (unpaired) electrons. The fourth-order valence-electron chi connectivity index (χ4n) is 0. The van der Waals surface area contributed by atoms with E-state index < -0.39 is 15.6 Å². The monoisotopic (exact) mass is 428 g/mol. The molecule has 70 valence electrons. The molecule has 13 heteroatoms. The van der Waals surface area contributed by atoms with Crippen molar-refractivity contribution in [3.05, 3.63) is 0 Å². The van der Waals surface area contributed by atoms with Crippen molar-refractivity contribution in [1.29, 1.82) is 0 Å². The van der Waals surface area contributed by atoms with Crippen LogP contribution in [0.25, 0.3) is 0 Å². The van der Waals surface area contributed by atoms with Gasteiger partial charge in [0.15, 0.2) is 0 Å². The first-order valence-corrected chi connectivity index (χ1v) is 4.38. The van der Waals surface area contributed by atoms with Gasteiger partial charge >= 0.3 is 128 Å². The summed E-state index contributed by atoms with van der Waals surface area (Å²) >= 11 is 0. The van der Waals surface area contributed by atoms with Gasteiger partial charge in [0.25, 0.3) is 0 Å². The number of hydrogen-bond donors (Lipinski definition) is 0. The molecule has 0 N–H and O–H groups in total. The standard InChI is InChI=1S/Ca.K.2H3O4P.Tb/c;;2*1-5(2,3)4;/h;;2*(H3,1,2,3,4);/q+2;+1;;;+3/p-6. The Hall–Kier alpha value is 4.40. The predicted octanol–water partition coefficient (Wildman–Crippen LogP) is -9.03. The maximum Gasteiger partial charge on any atom is 3.00 e. The van der Waals surface area contributed by atoms with Gasteiger partial charge in [-0.3, -0.25) is 0 Å². The summed E-state index contributed by atoms with van der Waals surface area (Å²) in [6.07, 6.45) is 0. The van der Waals surface area contributed by atoms with Gasteiger partial charge in [-0.15, -0.1) is 0 Å².